The highest BCUT2D eigenvalue weighted by molar-refractivity contribution is 6.07. The van der Waals surface area contributed by atoms with E-state index in [1.165, 1.54) is 0 Å². The number of benzene rings is 1. The molecule has 1 rings (SSSR count). The van der Waals surface area contributed by atoms with Gasteiger partial charge >= 0.3 is 0 Å². The summed E-state index contributed by atoms with van der Waals surface area (Å²) in [5, 5.41) is 2.66. The van der Waals surface area contributed by atoms with Gasteiger partial charge < -0.3 is 32.0 Å². The maximum atomic E-state index is 12.1. The molecule has 0 aliphatic rings. The summed E-state index contributed by atoms with van der Waals surface area (Å²) >= 11 is 0. The molecule has 10 heteroatoms. The Morgan fingerprint density at radius 3 is 2.52 bits per heavy atom. The van der Waals surface area contributed by atoms with Crippen molar-refractivity contribution in [3.63, 3.8) is 0 Å². The van der Waals surface area contributed by atoms with Gasteiger partial charge in [-0.1, -0.05) is 30.3 Å². The summed E-state index contributed by atoms with van der Waals surface area (Å²) in [4.78, 5) is 38.9. The maximum absolute atomic E-state index is 12.1. The number of rotatable bonds is 15. The zero-order valence-electron chi connectivity index (χ0n) is 16.3. The van der Waals surface area contributed by atoms with E-state index in [0.29, 0.717) is 31.2 Å². The average molecular weight is 407 g/mol. The van der Waals surface area contributed by atoms with Crippen LogP contribution in [0, 0.1) is 0 Å². The lowest BCUT2D eigenvalue weighted by molar-refractivity contribution is -0.123. The van der Waals surface area contributed by atoms with Crippen molar-refractivity contribution < 1.29 is 23.9 Å². The van der Waals surface area contributed by atoms with E-state index in [2.05, 4.69) is 10.3 Å². The van der Waals surface area contributed by atoms with Crippen LogP contribution in [-0.2, 0) is 19.1 Å². The van der Waals surface area contributed by atoms with Gasteiger partial charge in [-0.25, -0.2) is 0 Å². The number of nitrogens with one attached hydrogen (secondary N) is 1. The first-order chi connectivity index (χ1) is 14.0. The number of aliphatic imine (C=N–C) groups is 1. The van der Waals surface area contributed by atoms with Crippen LogP contribution in [0.5, 0.6) is 0 Å². The van der Waals surface area contributed by atoms with E-state index in [0.717, 1.165) is 0 Å². The number of Topliss-reactive ketones (excluding diaryl/α,β-unsaturated/α-hetero) is 1. The fourth-order valence-corrected chi connectivity index (χ4v) is 2.31. The van der Waals surface area contributed by atoms with Crippen molar-refractivity contribution in [2.45, 2.75) is 25.0 Å². The smallest absolute Gasteiger partial charge is 0.236 e. The summed E-state index contributed by atoms with van der Waals surface area (Å²) in [5.41, 5.74) is 16.6. The molecule has 0 aromatic heterocycles. The van der Waals surface area contributed by atoms with Crippen molar-refractivity contribution in [2.75, 3.05) is 32.9 Å². The van der Waals surface area contributed by atoms with Crippen molar-refractivity contribution in [3.05, 3.63) is 35.9 Å². The van der Waals surface area contributed by atoms with Gasteiger partial charge in [-0.05, 0) is 12.8 Å². The van der Waals surface area contributed by atoms with Crippen molar-refractivity contribution in [1.82, 2.24) is 5.32 Å². The van der Waals surface area contributed by atoms with Crippen LogP contribution in [0.3, 0.4) is 0 Å². The molecule has 10 nitrogen and oxygen atoms in total. The molecule has 2 atom stereocenters. The molecule has 160 valence electrons. The van der Waals surface area contributed by atoms with Crippen LogP contribution < -0.4 is 22.5 Å². The fourth-order valence-electron chi connectivity index (χ4n) is 2.31. The molecular formula is C19H29N5O5. The summed E-state index contributed by atoms with van der Waals surface area (Å²) in [7, 11) is 0. The van der Waals surface area contributed by atoms with Gasteiger partial charge in [0.2, 0.25) is 5.91 Å². The molecule has 1 aromatic rings. The zero-order valence-corrected chi connectivity index (χ0v) is 16.3. The summed E-state index contributed by atoms with van der Waals surface area (Å²) in [6, 6.07) is 7.79. The van der Waals surface area contributed by atoms with E-state index in [1.54, 1.807) is 30.3 Å². The second-order valence-electron chi connectivity index (χ2n) is 6.12. The van der Waals surface area contributed by atoms with E-state index in [-0.39, 0.29) is 38.2 Å². The number of carbonyl (C=O) groups excluding carboxylic acids is 3. The van der Waals surface area contributed by atoms with Crippen molar-refractivity contribution in [1.29, 1.82) is 0 Å². The van der Waals surface area contributed by atoms with Crippen molar-refractivity contribution >= 4 is 23.9 Å². The zero-order chi connectivity index (χ0) is 21.5. The Morgan fingerprint density at radius 1 is 1.14 bits per heavy atom. The lowest BCUT2D eigenvalue weighted by atomic mass is 10.1. The van der Waals surface area contributed by atoms with Gasteiger partial charge in [0.25, 0.3) is 0 Å². The molecule has 0 bridgehead atoms. The quantitative estimate of drug-likeness (QED) is 0.0713. The minimum absolute atomic E-state index is 0.00745. The molecule has 0 fully saturated rings. The summed E-state index contributed by atoms with van der Waals surface area (Å²) in [6.07, 6.45) is 0.349. The van der Waals surface area contributed by atoms with Crippen LogP contribution >= 0.6 is 0 Å². The predicted octanol–water partition coefficient (Wildman–Crippen LogP) is -1.03. The van der Waals surface area contributed by atoms with Crippen LogP contribution in [0.1, 0.15) is 23.2 Å². The number of aldehydes is 1. The normalized spacial score (nSPS) is 12.6. The highest BCUT2D eigenvalue weighted by atomic mass is 16.5. The summed E-state index contributed by atoms with van der Waals surface area (Å²) in [5.74, 6) is -0.682. The third-order valence-corrected chi connectivity index (χ3v) is 3.82. The molecule has 0 aliphatic heterocycles. The molecule has 0 radical (unpaired) electrons. The average Bonchev–Trinajstić information content (AvgIpc) is 2.73. The van der Waals surface area contributed by atoms with Crippen molar-refractivity contribution in [3.8, 4) is 0 Å². The topological polar surface area (TPSA) is 172 Å². The van der Waals surface area contributed by atoms with Gasteiger partial charge in [0.15, 0.2) is 24.1 Å². The largest absolute Gasteiger partial charge is 0.377 e. The van der Waals surface area contributed by atoms with Crippen LogP contribution in [-0.4, -0.2) is 69.0 Å². The van der Waals surface area contributed by atoms with Crippen LogP contribution in [0.2, 0.25) is 0 Å². The molecule has 1 amide bonds. The third-order valence-electron chi connectivity index (χ3n) is 3.82. The second-order valence-corrected chi connectivity index (χ2v) is 6.12. The first kappa shape index (κ1) is 24.2. The van der Waals surface area contributed by atoms with Gasteiger partial charge in [0.1, 0.15) is 0 Å². The molecule has 0 saturated carbocycles. The predicted molar refractivity (Wildman–Crippen MR) is 108 cm³/mol. The second kappa shape index (κ2) is 14.2. The number of ether oxygens (including phenoxy) is 2. The summed E-state index contributed by atoms with van der Waals surface area (Å²) < 4.78 is 10.6. The number of carbonyl (C=O) groups is 3. The Bertz CT molecular complexity index is 664. The minimum Gasteiger partial charge on any atom is -0.377 e. The molecule has 0 saturated heterocycles. The first-order valence-corrected chi connectivity index (χ1v) is 9.28. The van der Waals surface area contributed by atoms with Crippen LogP contribution in [0.25, 0.3) is 0 Å². The SMILES string of the molecule is NC(N)=NCCC[C@H](N)C(=O)NCCOCCOC(C=O)C(=O)c1ccccc1. The van der Waals surface area contributed by atoms with Gasteiger partial charge in [-0.15, -0.1) is 0 Å². The van der Waals surface area contributed by atoms with Gasteiger partial charge in [-0.2, -0.15) is 0 Å². The van der Waals surface area contributed by atoms with E-state index < -0.39 is 17.9 Å². The molecule has 29 heavy (non-hydrogen) atoms. The summed E-state index contributed by atoms with van der Waals surface area (Å²) in [6.45, 7) is 1.18. The molecule has 0 heterocycles. The molecular weight excluding hydrogens is 378 g/mol. The van der Waals surface area contributed by atoms with Gasteiger partial charge in [0, 0.05) is 18.7 Å². The standard InChI is InChI=1S/C19H29N5O5/c20-15(7-4-8-24-19(21)22)18(27)23-9-10-28-11-12-29-16(13-25)17(26)14-5-2-1-3-6-14/h1-3,5-6,13,15-16H,4,7-12,20H2,(H,23,27)(H4,21,22,24)/t15-,16?/m0/s1. The van der Waals surface area contributed by atoms with Gasteiger partial charge in [0.05, 0.1) is 25.9 Å². The first-order valence-electron chi connectivity index (χ1n) is 9.28. The molecule has 1 unspecified atom stereocenters. The molecule has 7 N–H and O–H groups in total. The Balaban J connectivity index is 2.12. The Morgan fingerprint density at radius 2 is 1.86 bits per heavy atom. The van der Waals surface area contributed by atoms with E-state index in [4.69, 9.17) is 26.7 Å². The van der Waals surface area contributed by atoms with Crippen LogP contribution in [0.15, 0.2) is 35.3 Å². The van der Waals surface area contributed by atoms with E-state index in [9.17, 15) is 14.4 Å². The number of ketones is 1. The number of hydrogen-bond acceptors (Lipinski definition) is 7. The maximum Gasteiger partial charge on any atom is 0.236 e. The number of nitrogens with two attached hydrogens (primary N) is 3. The third kappa shape index (κ3) is 10.3. The van der Waals surface area contributed by atoms with E-state index >= 15 is 0 Å². The highest BCUT2D eigenvalue weighted by Gasteiger charge is 2.19. The fraction of sp³-hybridized carbons (Fsp3) is 0.474. The number of hydrogen-bond donors (Lipinski definition) is 4. The van der Waals surface area contributed by atoms with Crippen molar-refractivity contribution in [2.24, 2.45) is 22.2 Å². The van der Waals surface area contributed by atoms with E-state index in [1.807, 2.05) is 0 Å². The molecule has 0 aliphatic carbocycles. The Labute approximate surface area is 169 Å². The number of amides is 1. The number of guanidine groups is 1. The number of nitrogens with zero attached hydrogens (tertiary/aromatic N) is 1. The Kier molecular flexibility index (Phi) is 11.9. The van der Waals surface area contributed by atoms with Crippen LogP contribution in [0.4, 0.5) is 0 Å². The minimum atomic E-state index is -1.17. The monoisotopic (exact) mass is 407 g/mol. The molecule has 1 aromatic carbocycles. The Hall–Kier alpha value is -2.82. The molecule has 0 spiro atoms. The highest BCUT2D eigenvalue weighted by Crippen LogP contribution is 2.05. The lowest BCUT2D eigenvalue weighted by Gasteiger charge is -2.13. The van der Waals surface area contributed by atoms with Gasteiger partial charge in [-0.3, -0.25) is 19.4 Å². The lowest BCUT2D eigenvalue weighted by Crippen LogP contribution is -2.42.